The van der Waals surface area contributed by atoms with Crippen LogP contribution < -0.4 is 4.72 Å². The van der Waals surface area contributed by atoms with Gasteiger partial charge in [0.1, 0.15) is 4.21 Å². The summed E-state index contributed by atoms with van der Waals surface area (Å²) in [5.41, 5.74) is 1.02. The number of thiophene rings is 1. The minimum absolute atomic E-state index is 0.135. The third-order valence-electron chi connectivity index (χ3n) is 2.17. The molecular weight excluding hydrogens is 370 g/mol. The van der Waals surface area contributed by atoms with Gasteiger partial charge in [-0.1, -0.05) is 23.6 Å². The fourth-order valence-electron chi connectivity index (χ4n) is 1.34. The number of hydrogen-bond donors (Lipinski definition) is 1. The number of rotatable bonds is 3. The van der Waals surface area contributed by atoms with Gasteiger partial charge in [-0.05, 0) is 40.2 Å². The minimum atomic E-state index is -3.65. The Kier molecular flexibility index (Phi) is 4.21. The van der Waals surface area contributed by atoms with Crippen LogP contribution in [-0.4, -0.2) is 8.42 Å². The first-order chi connectivity index (χ1) is 8.92. The van der Waals surface area contributed by atoms with E-state index < -0.39 is 10.0 Å². The Labute approximate surface area is 128 Å². The van der Waals surface area contributed by atoms with E-state index in [4.69, 9.17) is 18.0 Å². The molecule has 7 heteroatoms. The standard InChI is InChI=1S/C12H7BrClNO2S2/c1-2-8-4-3-5-9(6-8)15-19(16,17)11-7-10(14)12(13)18-11/h1,3-7,15H. The first-order valence-electron chi connectivity index (χ1n) is 4.97. The Morgan fingerprint density at radius 2 is 2.11 bits per heavy atom. The molecule has 0 fully saturated rings. The van der Waals surface area contributed by atoms with Gasteiger partial charge >= 0.3 is 0 Å². The van der Waals surface area contributed by atoms with E-state index in [2.05, 4.69) is 26.6 Å². The van der Waals surface area contributed by atoms with Gasteiger partial charge < -0.3 is 0 Å². The molecule has 0 unspecified atom stereocenters. The zero-order valence-corrected chi connectivity index (χ0v) is 13.3. The molecule has 98 valence electrons. The van der Waals surface area contributed by atoms with E-state index in [0.717, 1.165) is 11.3 Å². The van der Waals surface area contributed by atoms with Crippen LogP contribution in [0.4, 0.5) is 5.69 Å². The van der Waals surface area contributed by atoms with Gasteiger partial charge in [0.15, 0.2) is 0 Å². The number of hydrogen-bond acceptors (Lipinski definition) is 3. The Bertz CT molecular complexity index is 743. The Morgan fingerprint density at radius 3 is 2.68 bits per heavy atom. The number of sulfonamides is 1. The van der Waals surface area contributed by atoms with Crippen LogP contribution in [0.3, 0.4) is 0 Å². The van der Waals surface area contributed by atoms with Crippen molar-refractivity contribution in [2.45, 2.75) is 4.21 Å². The van der Waals surface area contributed by atoms with E-state index in [-0.39, 0.29) is 4.21 Å². The maximum Gasteiger partial charge on any atom is 0.271 e. The van der Waals surface area contributed by atoms with Gasteiger partial charge in [-0.3, -0.25) is 4.72 Å². The quantitative estimate of drug-likeness (QED) is 0.825. The topological polar surface area (TPSA) is 46.2 Å². The van der Waals surface area contributed by atoms with Crippen LogP contribution in [0.1, 0.15) is 5.56 Å². The lowest BCUT2D eigenvalue weighted by atomic mass is 10.2. The van der Waals surface area contributed by atoms with Crippen LogP contribution in [-0.2, 0) is 10.0 Å². The Balaban J connectivity index is 2.34. The molecule has 0 bridgehead atoms. The van der Waals surface area contributed by atoms with Crippen LogP contribution in [0.2, 0.25) is 5.02 Å². The van der Waals surface area contributed by atoms with Crippen LogP contribution in [0.25, 0.3) is 0 Å². The van der Waals surface area contributed by atoms with Crippen LogP contribution >= 0.6 is 38.9 Å². The molecule has 3 nitrogen and oxygen atoms in total. The molecule has 0 spiro atoms. The lowest BCUT2D eigenvalue weighted by molar-refractivity contribution is 0.603. The molecule has 19 heavy (non-hydrogen) atoms. The highest BCUT2D eigenvalue weighted by atomic mass is 79.9. The molecule has 0 saturated heterocycles. The van der Waals surface area contributed by atoms with Gasteiger partial charge in [-0.25, -0.2) is 8.42 Å². The van der Waals surface area contributed by atoms with Gasteiger partial charge in [-0.15, -0.1) is 17.8 Å². The molecule has 1 aromatic carbocycles. The predicted octanol–water partition coefficient (Wildman–Crippen LogP) is 3.95. The fourth-order valence-corrected chi connectivity index (χ4v) is 4.78. The second kappa shape index (κ2) is 5.55. The highest BCUT2D eigenvalue weighted by molar-refractivity contribution is 9.11. The summed E-state index contributed by atoms with van der Waals surface area (Å²) in [6.07, 6.45) is 5.27. The van der Waals surface area contributed by atoms with Crippen molar-refractivity contribution >= 4 is 54.6 Å². The predicted molar refractivity (Wildman–Crippen MR) is 82.2 cm³/mol. The molecule has 0 atom stereocenters. The van der Waals surface area contributed by atoms with Crippen molar-refractivity contribution < 1.29 is 8.42 Å². The van der Waals surface area contributed by atoms with Gasteiger partial charge in [0.2, 0.25) is 0 Å². The summed E-state index contributed by atoms with van der Waals surface area (Å²) in [4.78, 5) is 0. The van der Waals surface area contributed by atoms with Gasteiger partial charge in [0.05, 0.1) is 14.5 Å². The third kappa shape index (κ3) is 3.31. The summed E-state index contributed by atoms with van der Waals surface area (Å²) in [7, 11) is -3.65. The van der Waals surface area contributed by atoms with E-state index in [1.807, 2.05) is 0 Å². The zero-order chi connectivity index (χ0) is 14.0. The molecule has 0 amide bonds. The summed E-state index contributed by atoms with van der Waals surface area (Å²) in [5, 5.41) is 0.364. The number of anilines is 1. The van der Waals surface area contributed by atoms with E-state index in [1.165, 1.54) is 6.07 Å². The van der Waals surface area contributed by atoms with E-state index in [1.54, 1.807) is 24.3 Å². The molecular formula is C12H7BrClNO2S2. The van der Waals surface area contributed by atoms with Gasteiger partial charge in [-0.2, -0.15) is 0 Å². The summed E-state index contributed by atoms with van der Waals surface area (Å²) >= 11 is 10.1. The second-order valence-electron chi connectivity index (χ2n) is 3.52. The van der Waals surface area contributed by atoms with Crippen LogP contribution in [0.15, 0.2) is 38.3 Å². The van der Waals surface area contributed by atoms with Crippen molar-refractivity contribution in [3.63, 3.8) is 0 Å². The van der Waals surface area contributed by atoms with Crippen molar-refractivity contribution in [3.05, 3.63) is 44.7 Å². The van der Waals surface area contributed by atoms with Crippen molar-refractivity contribution in [2.75, 3.05) is 4.72 Å². The monoisotopic (exact) mass is 375 g/mol. The Hall–Kier alpha value is -1.000. The zero-order valence-electron chi connectivity index (χ0n) is 9.35. The number of benzene rings is 1. The maximum absolute atomic E-state index is 12.1. The van der Waals surface area contributed by atoms with E-state index in [9.17, 15) is 8.42 Å². The van der Waals surface area contributed by atoms with Crippen LogP contribution in [0.5, 0.6) is 0 Å². The lowest BCUT2D eigenvalue weighted by Crippen LogP contribution is -2.11. The van der Waals surface area contributed by atoms with Crippen molar-refractivity contribution in [1.82, 2.24) is 0 Å². The van der Waals surface area contributed by atoms with Crippen LogP contribution in [0, 0.1) is 12.3 Å². The SMILES string of the molecule is C#Cc1cccc(NS(=O)(=O)c2cc(Cl)c(Br)s2)c1. The summed E-state index contributed by atoms with van der Waals surface area (Å²) in [5.74, 6) is 2.45. The molecule has 0 radical (unpaired) electrons. The first-order valence-corrected chi connectivity index (χ1v) is 8.44. The summed E-state index contributed by atoms with van der Waals surface area (Å²) < 4.78 is 27.4. The van der Waals surface area contributed by atoms with E-state index >= 15 is 0 Å². The fraction of sp³-hybridized carbons (Fsp3) is 0. The number of terminal acetylenes is 1. The molecule has 0 aliphatic heterocycles. The highest BCUT2D eigenvalue weighted by Gasteiger charge is 2.19. The largest absolute Gasteiger partial charge is 0.279 e. The molecule has 0 aliphatic rings. The average molecular weight is 377 g/mol. The molecule has 1 heterocycles. The molecule has 0 aliphatic carbocycles. The lowest BCUT2D eigenvalue weighted by Gasteiger charge is -2.06. The minimum Gasteiger partial charge on any atom is -0.279 e. The third-order valence-corrected chi connectivity index (χ3v) is 6.50. The first kappa shape index (κ1) is 14.4. The number of halogens is 2. The van der Waals surface area contributed by atoms with Gasteiger partial charge in [0.25, 0.3) is 10.0 Å². The summed E-state index contributed by atoms with van der Waals surface area (Å²) in [6.45, 7) is 0. The number of nitrogens with one attached hydrogen (secondary N) is 1. The van der Waals surface area contributed by atoms with Crippen molar-refractivity contribution in [1.29, 1.82) is 0 Å². The average Bonchev–Trinajstić information content (AvgIpc) is 2.70. The Morgan fingerprint density at radius 1 is 1.37 bits per heavy atom. The highest BCUT2D eigenvalue weighted by Crippen LogP contribution is 2.35. The molecule has 2 rings (SSSR count). The van der Waals surface area contributed by atoms with Gasteiger partial charge in [0, 0.05) is 5.56 Å². The summed E-state index contributed by atoms with van der Waals surface area (Å²) in [6, 6.07) is 8.01. The maximum atomic E-state index is 12.1. The normalized spacial score (nSPS) is 11.0. The smallest absolute Gasteiger partial charge is 0.271 e. The molecule has 1 aromatic heterocycles. The second-order valence-corrected chi connectivity index (χ2v) is 8.20. The molecule has 1 N–H and O–H groups in total. The molecule has 2 aromatic rings. The molecule has 0 saturated carbocycles. The van der Waals surface area contributed by atoms with Crippen molar-refractivity contribution in [2.24, 2.45) is 0 Å². The van der Waals surface area contributed by atoms with E-state index in [0.29, 0.717) is 20.1 Å². The van der Waals surface area contributed by atoms with Crippen molar-refractivity contribution in [3.8, 4) is 12.3 Å².